The van der Waals surface area contributed by atoms with E-state index in [4.69, 9.17) is 0 Å². The summed E-state index contributed by atoms with van der Waals surface area (Å²) in [5, 5.41) is 9.01. The summed E-state index contributed by atoms with van der Waals surface area (Å²) in [6.45, 7) is 3.89. The molecular formula is C23H24N6. The number of hydrogen-bond donors (Lipinski definition) is 0. The van der Waals surface area contributed by atoms with Gasteiger partial charge in [0.15, 0.2) is 0 Å². The molecule has 0 N–H and O–H groups in total. The number of pyridine rings is 2. The number of benzene rings is 1. The van der Waals surface area contributed by atoms with Gasteiger partial charge in [-0.05, 0) is 30.3 Å². The minimum absolute atomic E-state index is 0.223. The van der Waals surface area contributed by atoms with E-state index in [1.165, 1.54) is 11.1 Å². The van der Waals surface area contributed by atoms with Gasteiger partial charge in [0.1, 0.15) is 5.69 Å². The number of nitrogens with zero attached hydrogens (tertiary/aromatic N) is 6. The molecule has 0 spiro atoms. The molecule has 4 aromatic rings. The molecular weight excluding hydrogens is 360 g/mol. The molecule has 0 aliphatic carbocycles. The van der Waals surface area contributed by atoms with Crippen LogP contribution in [0, 0.1) is 0 Å². The standard InChI is InChI=1S/C23H24N6/c1-27-12-13-28(15-18-6-5-11-24-14-18)17-22(27)23-21-10-9-20(16-29(21)26-25-23)19-7-3-2-4-8-19/h2-11,14,16,22H,12-13,15,17H2,1H3/t22-/m1/s1. The van der Waals surface area contributed by atoms with Crippen LogP contribution in [0.5, 0.6) is 0 Å². The van der Waals surface area contributed by atoms with Crippen LogP contribution in [-0.4, -0.2) is 56.3 Å². The first-order valence-corrected chi connectivity index (χ1v) is 10.00. The van der Waals surface area contributed by atoms with Gasteiger partial charge in [-0.2, -0.15) is 0 Å². The summed E-state index contributed by atoms with van der Waals surface area (Å²) in [6, 6.07) is 19.0. The highest BCUT2D eigenvalue weighted by Gasteiger charge is 2.29. The summed E-state index contributed by atoms with van der Waals surface area (Å²) in [7, 11) is 2.18. The van der Waals surface area contributed by atoms with Crippen LogP contribution >= 0.6 is 0 Å². The van der Waals surface area contributed by atoms with E-state index in [1.54, 1.807) is 0 Å². The fourth-order valence-corrected chi connectivity index (χ4v) is 4.07. The normalized spacial score (nSPS) is 18.3. The molecule has 0 unspecified atom stereocenters. The third kappa shape index (κ3) is 3.64. The summed E-state index contributed by atoms with van der Waals surface area (Å²) < 4.78 is 1.91. The van der Waals surface area contributed by atoms with Crippen LogP contribution in [0.15, 0.2) is 73.2 Å². The number of hydrogen-bond acceptors (Lipinski definition) is 5. The third-order valence-corrected chi connectivity index (χ3v) is 5.72. The van der Waals surface area contributed by atoms with E-state index >= 15 is 0 Å². The van der Waals surface area contributed by atoms with Crippen molar-refractivity contribution in [3.05, 3.63) is 84.4 Å². The predicted molar refractivity (Wildman–Crippen MR) is 113 cm³/mol. The third-order valence-electron chi connectivity index (χ3n) is 5.72. The number of piperazine rings is 1. The van der Waals surface area contributed by atoms with Gasteiger partial charge in [-0.3, -0.25) is 14.8 Å². The molecule has 0 amide bonds. The highest BCUT2D eigenvalue weighted by Crippen LogP contribution is 2.28. The zero-order valence-electron chi connectivity index (χ0n) is 16.5. The Bertz CT molecular complexity index is 1090. The second-order valence-electron chi connectivity index (χ2n) is 7.68. The molecule has 4 heterocycles. The van der Waals surface area contributed by atoms with Crippen molar-refractivity contribution in [2.45, 2.75) is 12.6 Å². The van der Waals surface area contributed by atoms with E-state index in [0.29, 0.717) is 0 Å². The predicted octanol–water partition coefficient (Wildman–Crippen LogP) is 3.28. The van der Waals surface area contributed by atoms with Crippen molar-refractivity contribution in [2.24, 2.45) is 0 Å². The molecule has 1 atom stereocenters. The molecule has 0 bridgehead atoms. The van der Waals surface area contributed by atoms with E-state index in [9.17, 15) is 0 Å². The Morgan fingerprint density at radius 1 is 0.966 bits per heavy atom. The van der Waals surface area contributed by atoms with E-state index in [1.807, 2.05) is 29.0 Å². The van der Waals surface area contributed by atoms with Crippen LogP contribution in [0.25, 0.3) is 16.6 Å². The maximum Gasteiger partial charge on any atom is 0.109 e. The second-order valence-corrected chi connectivity index (χ2v) is 7.68. The van der Waals surface area contributed by atoms with Gasteiger partial charge in [0.25, 0.3) is 0 Å². The van der Waals surface area contributed by atoms with Crippen LogP contribution in [-0.2, 0) is 6.54 Å². The summed E-state index contributed by atoms with van der Waals surface area (Å²) in [5.74, 6) is 0. The van der Waals surface area contributed by atoms with Gasteiger partial charge in [-0.25, -0.2) is 4.52 Å². The molecule has 0 saturated carbocycles. The van der Waals surface area contributed by atoms with Crippen molar-refractivity contribution >= 4 is 5.52 Å². The van der Waals surface area contributed by atoms with Gasteiger partial charge in [-0.15, -0.1) is 5.10 Å². The Balaban J connectivity index is 1.41. The Morgan fingerprint density at radius 3 is 2.69 bits per heavy atom. The smallest absolute Gasteiger partial charge is 0.109 e. The average Bonchev–Trinajstić information content (AvgIpc) is 3.19. The zero-order chi connectivity index (χ0) is 19.6. The number of fused-ring (bicyclic) bond motifs is 1. The largest absolute Gasteiger partial charge is 0.296 e. The number of likely N-dealkylation sites (N-methyl/N-ethyl adjacent to an activating group) is 1. The lowest BCUT2D eigenvalue weighted by molar-refractivity contribution is 0.0889. The van der Waals surface area contributed by atoms with E-state index < -0.39 is 0 Å². The molecule has 6 nitrogen and oxygen atoms in total. The lowest BCUT2D eigenvalue weighted by Gasteiger charge is -2.38. The fourth-order valence-electron chi connectivity index (χ4n) is 4.07. The van der Waals surface area contributed by atoms with E-state index in [2.05, 4.69) is 80.8 Å². The maximum absolute atomic E-state index is 4.58. The van der Waals surface area contributed by atoms with Crippen molar-refractivity contribution in [1.29, 1.82) is 0 Å². The minimum atomic E-state index is 0.223. The van der Waals surface area contributed by atoms with Crippen LogP contribution in [0.2, 0.25) is 0 Å². The van der Waals surface area contributed by atoms with Crippen molar-refractivity contribution in [3.8, 4) is 11.1 Å². The Morgan fingerprint density at radius 2 is 1.86 bits per heavy atom. The molecule has 5 rings (SSSR count). The topological polar surface area (TPSA) is 49.6 Å². The lowest BCUT2D eigenvalue weighted by atomic mass is 10.1. The van der Waals surface area contributed by atoms with Crippen molar-refractivity contribution in [3.63, 3.8) is 0 Å². The quantitative estimate of drug-likeness (QED) is 0.540. The Labute approximate surface area is 170 Å². The molecule has 1 saturated heterocycles. The molecule has 1 aliphatic rings. The first-order valence-electron chi connectivity index (χ1n) is 10.00. The molecule has 29 heavy (non-hydrogen) atoms. The first kappa shape index (κ1) is 18.0. The van der Waals surface area contributed by atoms with E-state index in [-0.39, 0.29) is 6.04 Å². The van der Waals surface area contributed by atoms with Gasteiger partial charge in [0, 0.05) is 50.3 Å². The van der Waals surface area contributed by atoms with E-state index in [0.717, 1.165) is 43.0 Å². The summed E-state index contributed by atoms with van der Waals surface area (Å²) >= 11 is 0. The fraction of sp³-hybridized carbons (Fsp3) is 0.261. The Kier molecular flexibility index (Phi) is 4.79. The van der Waals surface area contributed by atoms with Crippen LogP contribution in [0.4, 0.5) is 0 Å². The maximum atomic E-state index is 4.58. The summed E-state index contributed by atoms with van der Waals surface area (Å²) in [6.07, 6.45) is 5.84. The molecule has 1 fully saturated rings. The Hall–Kier alpha value is -3.09. The highest BCUT2D eigenvalue weighted by molar-refractivity contribution is 5.66. The van der Waals surface area contributed by atoms with Gasteiger partial charge >= 0.3 is 0 Å². The van der Waals surface area contributed by atoms with Gasteiger partial charge in [0.2, 0.25) is 0 Å². The van der Waals surface area contributed by atoms with Gasteiger partial charge < -0.3 is 0 Å². The van der Waals surface area contributed by atoms with Crippen LogP contribution in [0.1, 0.15) is 17.3 Å². The van der Waals surface area contributed by atoms with Gasteiger partial charge in [0.05, 0.1) is 11.6 Å². The molecule has 3 aromatic heterocycles. The average molecular weight is 384 g/mol. The zero-order valence-corrected chi connectivity index (χ0v) is 16.5. The second kappa shape index (κ2) is 7.73. The van der Waals surface area contributed by atoms with Crippen molar-refractivity contribution < 1.29 is 0 Å². The molecule has 6 heteroatoms. The molecule has 0 radical (unpaired) electrons. The molecule has 1 aliphatic heterocycles. The SMILES string of the molecule is CN1CCN(Cc2cccnc2)C[C@@H]1c1nnn2cc(-c3ccccc3)ccc12. The van der Waals surface area contributed by atoms with Gasteiger partial charge in [-0.1, -0.05) is 47.7 Å². The highest BCUT2D eigenvalue weighted by atomic mass is 15.4. The summed E-state index contributed by atoms with van der Waals surface area (Å²) in [5.41, 5.74) is 5.69. The van der Waals surface area contributed by atoms with Crippen molar-refractivity contribution in [2.75, 3.05) is 26.7 Å². The first-order chi connectivity index (χ1) is 14.3. The number of rotatable bonds is 4. The number of aromatic nitrogens is 4. The van der Waals surface area contributed by atoms with Crippen LogP contribution in [0.3, 0.4) is 0 Å². The molecule has 146 valence electrons. The summed E-state index contributed by atoms with van der Waals surface area (Å²) in [4.78, 5) is 9.11. The lowest BCUT2D eigenvalue weighted by Crippen LogP contribution is -2.46. The minimum Gasteiger partial charge on any atom is -0.296 e. The monoisotopic (exact) mass is 384 g/mol. The van der Waals surface area contributed by atoms with Crippen LogP contribution < -0.4 is 0 Å². The van der Waals surface area contributed by atoms with Crippen molar-refractivity contribution in [1.82, 2.24) is 29.6 Å². The molecule has 1 aromatic carbocycles.